The number of nitrogens with zero attached hydrogens (tertiary/aromatic N) is 6. The summed E-state index contributed by atoms with van der Waals surface area (Å²) in [7, 11) is 1.89. The SMILES string of the molecule is CC(N)c1cccc(-c2cc(-c3ccn(C)n3)c3cnn(-c4cccc(CO)n4)c3c2)n1. The summed E-state index contributed by atoms with van der Waals surface area (Å²) in [6, 6.07) is 17.3. The highest BCUT2D eigenvalue weighted by Gasteiger charge is 2.16. The van der Waals surface area contributed by atoms with Gasteiger partial charge in [-0.3, -0.25) is 9.67 Å². The smallest absolute Gasteiger partial charge is 0.154 e. The first kappa shape index (κ1) is 20.0. The van der Waals surface area contributed by atoms with Crippen LogP contribution in [0.4, 0.5) is 0 Å². The van der Waals surface area contributed by atoms with E-state index in [2.05, 4.69) is 27.3 Å². The summed E-state index contributed by atoms with van der Waals surface area (Å²) < 4.78 is 3.55. The standard InChI is InChI=1S/C24H23N7O/c1-15(25)20-6-4-7-21(28-20)16-11-18(22-9-10-30(2)29-22)19-13-26-31(23(19)12-16)24-8-3-5-17(14-32)27-24/h3-13,15,32H,14,25H2,1-2H3. The summed E-state index contributed by atoms with van der Waals surface area (Å²) in [5.41, 5.74) is 11.9. The first-order valence-corrected chi connectivity index (χ1v) is 10.4. The van der Waals surface area contributed by atoms with Gasteiger partial charge in [0.25, 0.3) is 0 Å². The van der Waals surface area contributed by atoms with Crippen molar-refractivity contribution in [2.24, 2.45) is 12.8 Å². The molecule has 0 fully saturated rings. The van der Waals surface area contributed by atoms with Gasteiger partial charge >= 0.3 is 0 Å². The second-order valence-electron chi connectivity index (χ2n) is 7.77. The van der Waals surface area contributed by atoms with Crippen LogP contribution in [0.5, 0.6) is 0 Å². The molecule has 0 amide bonds. The van der Waals surface area contributed by atoms with Gasteiger partial charge in [-0.2, -0.15) is 10.2 Å². The Hall–Kier alpha value is -3.88. The molecule has 0 bridgehead atoms. The average molecular weight is 425 g/mol. The van der Waals surface area contributed by atoms with E-state index >= 15 is 0 Å². The monoisotopic (exact) mass is 425 g/mol. The molecule has 0 spiro atoms. The van der Waals surface area contributed by atoms with E-state index < -0.39 is 0 Å². The minimum atomic E-state index is -0.162. The Morgan fingerprint density at radius 1 is 1.03 bits per heavy atom. The number of benzene rings is 1. The average Bonchev–Trinajstić information content (AvgIpc) is 3.45. The van der Waals surface area contributed by atoms with Crippen LogP contribution >= 0.6 is 0 Å². The zero-order chi connectivity index (χ0) is 22.2. The number of aryl methyl sites for hydroxylation is 1. The lowest BCUT2D eigenvalue weighted by Crippen LogP contribution is -2.07. The van der Waals surface area contributed by atoms with Gasteiger partial charge in [0.15, 0.2) is 5.82 Å². The van der Waals surface area contributed by atoms with E-state index in [1.54, 1.807) is 15.4 Å². The molecule has 3 N–H and O–H groups in total. The van der Waals surface area contributed by atoms with Crippen LogP contribution in [-0.4, -0.2) is 34.6 Å². The van der Waals surface area contributed by atoms with Gasteiger partial charge in [-0.05, 0) is 49.4 Å². The Morgan fingerprint density at radius 2 is 1.88 bits per heavy atom. The lowest BCUT2D eigenvalue weighted by atomic mass is 10.0. The van der Waals surface area contributed by atoms with E-state index in [0.29, 0.717) is 11.5 Å². The van der Waals surface area contributed by atoms with Crippen LogP contribution in [0, 0.1) is 0 Å². The van der Waals surface area contributed by atoms with Crippen LogP contribution in [0.25, 0.3) is 39.2 Å². The van der Waals surface area contributed by atoms with Crippen LogP contribution in [-0.2, 0) is 13.7 Å². The Bertz CT molecular complexity index is 1420. The summed E-state index contributed by atoms with van der Waals surface area (Å²) in [6.45, 7) is 1.79. The van der Waals surface area contributed by atoms with Gasteiger partial charge < -0.3 is 10.8 Å². The van der Waals surface area contributed by atoms with Crippen LogP contribution in [0.15, 0.2) is 67.0 Å². The molecule has 1 unspecified atom stereocenters. The molecular formula is C24H23N7O. The van der Waals surface area contributed by atoms with Crippen molar-refractivity contribution >= 4 is 10.9 Å². The lowest BCUT2D eigenvalue weighted by Gasteiger charge is -2.11. The first-order valence-electron chi connectivity index (χ1n) is 10.4. The van der Waals surface area contributed by atoms with Crippen molar-refractivity contribution in [3.05, 3.63) is 78.4 Å². The zero-order valence-corrected chi connectivity index (χ0v) is 17.8. The van der Waals surface area contributed by atoms with Gasteiger partial charge in [-0.15, -0.1) is 0 Å². The molecule has 5 aromatic rings. The topological polar surface area (TPSA) is 108 Å². The number of aliphatic hydroxyl groups is 1. The van der Waals surface area contributed by atoms with E-state index in [9.17, 15) is 5.11 Å². The van der Waals surface area contributed by atoms with Gasteiger partial charge in [-0.25, -0.2) is 9.67 Å². The summed E-state index contributed by atoms with van der Waals surface area (Å²) in [4.78, 5) is 9.30. The van der Waals surface area contributed by atoms with Crippen LogP contribution in [0.3, 0.4) is 0 Å². The second kappa shape index (κ2) is 7.99. The third-order valence-corrected chi connectivity index (χ3v) is 5.38. The van der Waals surface area contributed by atoms with Crippen molar-refractivity contribution in [1.29, 1.82) is 0 Å². The van der Waals surface area contributed by atoms with E-state index in [0.717, 1.165) is 39.1 Å². The van der Waals surface area contributed by atoms with Crippen molar-refractivity contribution < 1.29 is 5.11 Å². The quantitative estimate of drug-likeness (QED) is 0.447. The number of hydrogen-bond donors (Lipinski definition) is 2. The fourth-order valence-corrected chi connectivity index (χ4v) is 3.77. The van der Waals surface area contributed by atoms with Gasteiger partial charge in [0.1, 0.15) is 0 Å². The highest BCUT2D eigenvalue weighted by molar-refractivity contribution is 5.97. The summed E-state index contributed by atoms with van der Waals surface area (Å²) >= 11 is 0. The van der Waals surface area contributed by atoms with Crippen molar-refractivity contribution in [2.45, 2.75) is 19.6 Å². The number of hydrogen-bond acceptors (Lipinski definition) is 6. The normalized spacial score (nSPS) is 12.4. The minimum Gasteiger partial charge on any atom is -0.390 e. The number of rotatable bonds is 5. The maximum absolute atomic E-state index is 9.51. The predicted molar refractivity (Wildman–Crippen MR) is 123 cm³/mol. The predicted octanol–water partition coefficient (Wildman–Crippen LogP) is 3.40. The maximum atomic E-state index is 9.51. The first-order chi connectivity index (χ1) is 15.5. The number of pyridine rings is 2. The highest BCUT2D eigenvalue weighted by atomic mass is 16.3. The van der Waals surface area contributed by atoms with Crippen molar-refractivity contribution in [3.8, 4) is 28.3 Å². The summed E-state index contributed by atoms with van der Waals surface area (Å²) in [5, 5.41) is 19.7. The molecule has 32 heavy (non-hydrogen) atoms. The summed E-state index contributed by atoms with van der Waals surface area (Å²) in [6.07, 6.45) is 3.74. The molecule has 0 aliphatic carbocycles. The maximum Gasteiger partial charge on any atom is 0.154 e. The van der Waals surface area contributed by atoms with Crippen LogP contribution < -0.4 is 5.73 Å². The molecule has 4 heterocycles. The van der Waals surface area contributed by atoms with Gasteiger partial charge in [0.2, 0.25) is 0 Å². The molecule has 0 aliphatic rings. The van der Waals surface area contributed by atoms with E-state index in [1.165, 1.54) is 0 Å². The second-order valence-corrected chi connectivity index (χ2v) is 7.77. The Morgan fingerprint density at radius 3 is 2.62 bits per heavy atom. The number of nitrogens with two attached hydrogens (primary N) is 1. The number of aliphatic hydroxyl groups excluding tert-OH is 1. The van der Waals surface area contributed by atoms with Gasteiger partial charge in [-0.1, -0.05) is 12.1 Å². The van der Waals surface area contributed by atoms with Crippen molar-refractivity contribution in [2.75, 3.05) is 0 Å². The van der Waals surface area contributed by atoms with Gasteiger partial charge in [0, 0.05) is 35.8 Å². The number of aromatic nitrogens is 6. The van der Waals surface area contributed by atoms with Crippen molar-refractivity contribution in [3.63, 3.8) is 0 Å². The molecule has 0 aliphatic heterocycles. The van der Waals surface area contributed by atoms with Crippen molar-refractivity contribution in [1.82, 2.24) is 29.5 Å². The molecule has 8 heteroatoms. The fraction of sp³-hybridized carbons (Fsp3) is 0.167. The Labute approximate surface area is 185 Å². The Balaban J connectivity index is 1.77. The van der Waals surface area contributed by atoms with E-state index in [1.807, 2.05) is 62.8 Å². The highest BCUT2D eigenvalue weighted by Crippen LogP contribution is 2.34. The zero-order valence-electron chi connectivity index (χ0n) is 17.8. The molecule has 0 saturated heterocycles. The Kier molecular flexibility index (Phi) is 5.01. The van der Waals surface area contributed by atoms with Crippen LogP contribution in [0.2, 0.25) is 0 Å². The van der Waals surface area contributed by atoms with Gasteiger partial charge in [0.05, 0.1) is 41.1 Å². The largest absolute Gasteiger partial charge is 0.390 e. The molecule has 0 radical (unpaired) electrons. The molecule has 4 aromatic heterocycles. The molecule has 160 valence electrons. The van der Waals surface area contributed by atoms with E-state index in [-0.39, 0.29) is 12.6 Å². The number of fused-ring (bicyclic) bond motifs is 1. The lowest BCUT2D eigenvalue weighted by molar-refractivity contribution is 0.276. The minimum absolute atomic E-state index is 0.133. The fourth-order valence-electron chi connectivity index (χ4n) is 3.77. The molecule has 1 atom stereocenters. The molecule has 8 nitrogen and oxygen atoms in total. The molecular weight excluding hydrogens is 402 g/mol. The van der Waals surface area contributed by atoms with E-state index in [4.69, 9.17) is 10.7 Å². The third kappa shape index (κ3) is 3.55. The third-order valence-electron chi connectivity index (χ3n) is 5.38. The summed E-state index contributed by atoms with van der Waals surface area (Å²) in [5.74, 6) is 0.632. The molecule has 0 saturated carbocycles. The van der Waals surface area contributed by atoms with Crippen LogP contribution in [0.1, 0.15) is 24.4 Å². The molecule has 5 rings (SSSR count). The molecule has 1 aromatic carbocycles.